The second-order valence-electron chi connectivity index (χ2n) is 4.61. The maximum atomic E-state index is 11.0. The first kappa shape index (κ1) is 13.1. The average molecular weight is 240 g/mol. The van der Waals surface area contributed by atoms with Crippen LogP contribution in [0.25, 0.3) is 0 Å². The van der Waals surface area contributed by atoms with Crippen molar-refractivity contribution in [2.24, 2.45) is 5.84 Å². The van der Waals surface area contributed by atoms with Crippen molar-refractivity contribution in [2.75, 3.05) is 10.7 Å². The molecule has 4 N–H and O–H groups in total. The van der Waals surface area contributed by atoms with Gasteiger partial charge in [0.05, 0.1) is 4.92 Å². The molecule has 0 atom stereocenters. The maximum absolute atomic E-state index is 11.0. The highest BCUT2D eigenvalue weighted by Gasteiger charge is 2.24. The molecule has 0 fully saturated rings. The SMILES string of the molecule is Cc1nc(NN)nc(NC(C)(C)C)c1[N+](=O)[O-]. The van der Waals surface area contributed by atoms with E-state index in [9.17, 15) is 10.1 Å². The molecule has 0 bridgehead atoms. The number of nitrogens with one attached hydrogen (secondary N) is 2. The zero-order chi connectivity index (χ0) is 13.2. The lowest BCUT2D eigenvalue weighted by atomic mass is 10.1. The van der Waals surface area contributed by atoms with E-state index in [2.05, 4.69) is 20.7 Å². The minimum Gasteiger partial charge on any atom is -0.360 e. The summed E-state index contributed by atoms with van der Waals surface area (Å²) in [4.78, 5) is 18.3. The molecule has 1 heterocycles. The van der Waals surface area contributed by atoms with Crippen molar-refractivity contribution in [2.45, 2.75) is 33.2 Å². The summed E-state index contributed by atoms with van der Waals surface area (Å²) in [5.41, 5.74) is 2.04. The summed E-state index contributed by atoms with van der Waals surface area (Å²) >= 11 is 0. The van der Waals surface area contributed by atoms with Gasteiger partial charge in [0.15, 0.2) is 0 Å². The zero-order valence-corrected chi connectivity index (χ0v) is 10.2. The Labute approximate surface area is 98.8 Å². The fourth-order valence-electron chi connectivity index (χ4n) is 1.29. The van der Waals surface area contributed by atoms with Crippen LogP contribution >= 0.6 is 0 Å². The van der Waals surface area contributed by atoms with Gasteiger partial charge in [0.25, 0.3) is 0 Å². The normalized spacial score (nSPS) is 11.1. The third kappa shape index (κ3) is 3.25. The predicted octanol–water partition coefficient (Wildman–Crippen LogP) is 1.19. The van der Waals surface area contributed by atoms with Gasteiger partial charge in [-0.15, -0.1) is 0 Å². The van der Waals surface area contributed by atoms with Gasteiger partial charge in [-0.3, -0.25) is 15.5 Å². The van der Waals surface area contributed by atoms with Crippen LogP contribution in [0.5, 0.6) is 0 Å². The molecule has 8 heteroatoms. The third-order valence-corrected chi connectivity index (χ3v) is 1.86. The van der Waals surface area contributed by atoms with E-state index in [1.807, 2.05) is 20.8 Å². The molecule has 1 aromatic rings. The number of nitrogens with zero attached hydrogens (tertiary/aromatic N) is 3. The highest BCUT2D eigenvalue weighted by molar-refractivity contribution is 5.61. The molecule has 0 spiro atoms. The number of nitrogen functional groups attached to an aromatic ring is 1. The second kappa shape index (κ2) is 4.50. The topological polar surface area (TPSA) is 119 Å². The molecule has 0 aliphatic rings. The summed E-state index contributed by atoms with van der Waals surface area (Å²) < 4.78 is 0. The Balaban J connectivity index is 3.32. The van der Waals surface area contributed by atoms with Crippen LogP contribution < -0.4 is 16.6 Å². The number of hydrogen-bond acceptors (Lipinski definition) is 7. The van der Waals surface area contributed by atoms with Gasteiger partial charge in [0.2, 0.25) is 11.8 Å². The van der Waals surface area contributed by atoms with E-state index >= 15 is 0 Å². The number of aryl methyl sites for hydroxylation is 1. The first-order chi connectivity index (χ1) is 7.74. The Kier molecular flexibility index (Phi) is 3.47. The van der Waals surface area contributed by atoms with E-state index in [1.165, 1.54) is 6.92 Å². The molecule has 0 aliphatic heterocycles. The Hall–Kier alpha value is -1.96. The van der Waals surface area contributed by atoms with Crippen LogP contribution in [-0.4, -0.2) is 20.4 Å². The van der Waals surface area contributed by atoms with E-state index in [1.54, 1.807) is 0 Å². The smallest absolute Gasteiger partial charge is 0.332 e. The number of nitrogens with two attached hydrogens (primary N) is 1. The minimum absolute atomic E-state index is 0.139. The van der Waals surface area contributed by atoms with Crippen LogP contribution in [0.15, 0.2) is 0 Å². The molecule has 0 radical (unpaired) electrons. The summed E-state index contributed by atoms with van der Waals surface area (Å²) in [6, 6.07) is 0. The lowest BCUT2D eigenvalue weighted by Crippen LogP contribution is -2.28. The van der Waals surface area contributed by atoms with Gasteiger partial charge in [0, 0.05) is 5.54 Å². The molecule has 8 nitrogen and oxygen atoms in total. The number of aromatic nitrogens is 2. The van der Waals surface area contributed by atoms with E-state index in [-0.39, 0.29) is 28.7 Å². The maximum Gasteiger partial charge on any atom is 0.332 e. The quantitative estimate of drug-likeness (QED) is 0.412. The number of hydrogen-bond donors (Lipinski definition) is 3. The van der Waals surface area contributed by atoms with Crippen LogP contribution in [0, 0.1) is 17.0 Å². The van der Waals surface area contributed by atoms with Crippen LogP contribution in [0.3, 0.4) is 0 Å². The highest BCUT2D eigenvalue weighted by Crippen LogP contribution is 2.28. The molecule has 0 amide bonds. The van der Waals surface area contributed by atoms with Gasteiger partial charge in [-0.1, -0.05) is 0 Å². The van der Waals surface area contributed by atoms with Gasteiger partial charge in [-0.25, -0.2) is 10.8 Å². The third-order valence-electron chi connectivity index (χ3n) is 1.86. The van der Waals surface area contributed by atoms with Crippen LogP contribution in [0.4, 0.5) is 17.5 Å². The number of nitro groups is 1. The Bertz CT molecular complexity index is 440. The van der Waals surface area contributed by atoms with E-state index < -0.39 is 4.92 Å². The fourth-order valence-corrected chi connectivity index (χ4v) is 1.29. The molecular weight excluding hydrogens is 224 g/mol. The number of rotatable bonds is 3. The van der Waals surface area contributed by atoms with Gasteiger partial charge in [0.1, 0.15) is 5.69 Å². The average Bonchev–Trinajstić information content (AvgIpc) is 2.13. The number of anilines is 2. The molecule has 0 saturated heterocycles. The van der Waals surface area contributed by atoms with E-state index in [0.29, 0.717) is 0 Å². The van der Waals surface area contributed by atoms with E-state index in [0.717, 1.165) is 0 Å². The molecule has 0 saturated carbocycles. The van der Waals surface area contributed by atoms with Crippen LogP contribution in [0.2, 0.25) is 0 Å². The molecule has 17 heavy (non-hydrogen) atoms. The number of hydrazine groups is 1. The molecular formula is C9H16N6O2. The summed E-state index contributed by atoms with van der Waals surface area (Å²) in [5.74, 6) is 5.50. The fraction of sp³-hybridized carbons (Fsp3) is 0.556. The lowest BCUT2D eigenvalue weighted by molar-refractivity contribution is -0.385. The molecule has 0 aliphatic carbocycles. The summed E-state index contributed by atoms with van der Waals surface area (Å²) in [6.45, 7) is 7.17. The van der Waals surface area contributed by atoms with Crippen molar-refractivity contribution in [3.63, 3.8) is 0 Å². The van der Waals surface area contributed by atoms with Gasteiger partial charge >= 0.3 is 5.69 Å². The monoisotopic (exact) mass is 240 g/mol. The summed E-state index contributed by atoms with van der Waals surface area (Å²) in [5, 5.41) is 13.9. The minimum atomic E-state index is -0.510. The van der Waals surface area contributed by atoms with Crippen molar-refractivity contribution in [1.82, 2.24) is 9.97 Å². The van der Waals surface area contributed by atoms with Crippen molar-refractivity contribution in [3.8, 4) is 0 Å². The Morgan fingerprint density at radius 2 is 1.94 bits per heavy atom. The summed E-state index contributed by atoms with van der Waals surface area (Å²) in [6.07, 6.45) is 0. The van der Waals surface area contributed by atoms with Gasteiger partial charge in [-0.2, -0.15) is 4.98 Å². The first-order valence-electron chi connectivity index (χ1n) is 5.02. The summed E-state index contributed by atoms with van der Waals surface area (Å²) in [7, 11) is 0. The zero-order valence-electron chi connectivity index (χ0n) is 10.2. The van der Waals surface area contributed by atoms with Crippen molar-refractivity contribution in [3.05, 3.63) is 15.8 Å². The van der Waals surface area contributed by atoms with Crippen molar-refractivity contribution < 1.29 is 4.92 Å². The van der Waals surface area contributed by atoms with E-state index in [4.69, 9.17) is 5.84 Å². The molecule has 0 aromatic carbocycles. The van der Waals surface area contributed by atoms with Crippen LogP contribution in [0.1, 0.15) is 26.5 Å². The van der Waals surface area contributed by atoms with Crippen molar-refractivity contribution in [1.29, 1.82) is 0 Å². The largest absolute Gasteiger partial charge is 0.360 e. The molecule has 1 aromatic heterocycles. The van der Waals surface area contributed by atoms with Gasteiger partial charge < -0.3 is 5.32 Å². The second-order valence-corrected chi connectivity index (χ2v) is 4.61. The first-order valence-corrected chi connectivity index (χ1v) is 5.02. The molecule has 0 unspecified atom stereocenters. The molecule has 94 valence electrons. The predicted molar refractivity (Wildman–Crippen MR) is 64.6 cm³/mol. The highest BCUT2D eigenvalue weighted by atomic mass is 16.6. The molecule has 1 rings (SSSR count). The lowest BCUT2D eigenvalue weighted by Gasteiger charge is -2.21. The van der Waals surface area contributed by atoms with Gasteiger partial charge in [-0.05, 0) is 27.7 Å². The Morgan fingerprint density at radius 1 is 1.35 bits per heavy atom. The Morgan fingerprint density at radius 3 is 2.35 bits per heavy atom. The van der Waals surface area contributed by atoms with Crippen LogP contribution in [-0.2, 0) is 0 Å². The standard InChI is InChI=1S/C9H16N6O2/c1-5-6(15(16)17)7(13-9(2,3)4)12-8(11-5)14-10/h10H2,1-4H3,(H2,11,12,13,14). The van der Waals surface area contributed by atoms with Crippen molar-refractivity contribution >= 4 is 17.5 Å².